The van der Waals surface area contributed by atoms with E-state index in [1.54, 1.807) is 11.8 Å². The van der Waals surface area contributed by atoms with Gasteiger partial charge in [0.05, 0.1) is 5.92 Å². The van der Waals surface area contributed by atoms with Crippen LogP contribution in [0, 0.1) is 11.8 Å². The summed E-state index contributed by atoms with van der Waals surface area (Å²) in [5.41, 5.74) is 0. The SMILES string of the molecule is CC1C(C(=O)O)CCCN1S(=O)(=O)C1CN(C(=O)C2CCCC2)C1. The molecule has 2 atom stereocenters. The van der Waals surface area contributed by atoms with Gasteiger partial charge in [-0.2, -0.15) is 4.31 Å². The third kappa shape index (κ3) is 3.06. The van der Waals surface area contributed by atoms with Gasteiger partial charge >= 0.3 is 5.97 Å². The molecule has 3 fully saturated rings. The Labute approximate surface area is 143 Å². The van der Waals surface area contributed by atoms with Crippen LogP contribution in [0.3, 0.4) is 0 Å². The summed E-state index contributed by atoms with van der Waals surface area (Å²) in [6.07, 6.45) is 5.06. The van der Waals surface area contributed by atoms with Crippen molar-refractivity contribution in [3.8, 4) is 0 Å². The number of carboxylic acid groups (broad SMARTS) is 1. The van der Waals surface area contributed by atoms with Crippen molar-refractivity contribution >= 4 is 21.9 Å². The highest BCUT2D eigenvalue weighted by Gasteiger charge is 2.47. The molecule has 2 saturated heterocycles. The number of sulfonamides is 1. The molecule has 1 amide bonds. The van der Waals surface area contributed by atoms with Gasteiger partial charge < -0.3 is 10.0 Å². The smallest absolute Gasteiger partial charge is 0.308 e. The van der Waals surface area contributed by atoms with Crippen molar-refractivity contribution in [1.82, 2.24) is 9.21 Å². The molecule has 0 aromatic heterocycles. The molecule has 2 unspecified atom stereocenters. The zero-order chi connectivity index (χ0) is 17.5. The zero-order valence-corrected chi connectivity index (χ0v) is 14.9. The van der Waals surface area contributed by atoms with Gasteiger partial charge in [0.25, 0.3) is 0 Å². The quantitative estimate of drug-likeness (QED) is 0.806. The molecule has 3 aliphatic rings. The van der Waals surface area contributed by atoms with Crippen molar-refractivity contribution < 1.29 is 23.1 Å². The zero-order valence-electron chi connectivity index (χ0n) is 14.1. The number of likely N-dealkylation sites (tertiary alicyclic amines) is 1. The summed E-state index contributed by atoms with van der Waals surface area (Å²) < 4.78 is 27.0. The third-order valence-corrected chi connectivity index (χ3v) is 8.17. The maximum atomic E-state index is 12.8. The summed E-state index contributed by atoms with van der Waals surface area (Å²) in [4.78, 5) is 25.3. The fourth-order valence-electron chi connectivity index (χ4n) is 4.23. The van der Waals surface area contributed by atoms with Gasteiger partial charge in [-0.25, -0.2) is 8.42 Å². The molecule has 1 aliphatic carbocycles. The Morgan fingerprint density at radius 1 is 1.04 bits per heavy atom. The average Bonchev–Trinajstić information content (AvgIpc) is 2.99. The van der Waals surface area contributed by atoms with Crippen LogP contribution < -0.4 is 0 Å². The summed E-state index contributed by atoms with van der Waals surface area (Å²) in [5, 5.41) is 8.68. The second kappa shape index (κ2) is 6.63. The first-order valence-corrected chi connectivity index (χ1v) is 10.3. The molecule has 3 rings (SSSR count). The molecule has 2 heterocycles. The summed E-state index contributed by atoms with van der Waals surface area (Å²) in [5.74, 6) is -1.42. The molecule has 1 N–H and O–H groups in total. The van der Waals surface area contributed by atoms with Crippen molar-refractivity contribution in [2.24, 2.45) is 11.8 Å². The van der Waals surface area contributed by atoms with Gasteiger partial charge in [-0.05, 0) is 32.6 Å². The van der Waals surface area contributed by atoms with Gasteiger partial charge in [-0.1, -0.05) is 12.8 Å². The molecular formula is C16H26N2O5S. The molecule has 2 aliphatic heterocycles. The molecule has 8 heteroatoms. The van der Waals surface area contributed by atoms with E-state index >= 15 is 0 Å². The van der Waals surface area contributed by atoms with Crippen LogP contribution in [0.2, 0.25) is 0 Å². The Bertz CT molecular complexity index is 608. The Morgan fingerprint density at radius 2 is 1.67 bits per heavy atom. The van der Waals surface area contributed by atoms with E-state index in [9.17, 15) is 23.1 Å². The maximum Gasteiger partial charge on any atom is 0.308 e. The minimum Gasteiger partial charge on any atom is -0.481 e. The first kappa shape index (κ1) is 17.7. The Hall–Kier alpha value is -1.15. The van der Waals surface area contributed by atoms with Crippen LogP contribution >= 0.6 is 0 Å². The number of nitrogens with zero attached hydrogens (tertiary/aromatic N) is 2. The number of carbonyl (C=O) groups excluding carboxylic acids is 1. The Morgan fingerprint density at radius 3 is 2.25 bits per heavy atom. The number of carboxylic acids is 1. The third-order valence-electron chi connectivity index (χ3n) is 5.86. The highest BCUT2D eigenvalue weighted by atomic mass is 32.2. The summed E-state index contributed by atoms with van der Waals surface area (Å²) in [6, 6.07) is -0.527. The van der Waals surface area contributed by atoms with E-state index in [1.807, 2.05) is 0 Å². The number of hydrogen-bond acceptors (Lipinski definition) is 4. The lowest BCUT2D eigenvalue weighted by atomic mass is 9.92. The van der Waals surface area contributed by atoms with Crippen molar-refractivity contribution in [3.05, 3.63) is 0 Å². The lowest BCUT2D eigenvalue weighted by Gasteiger charge is -2.45. The summed E-state index contributed by atoms with van der Waals surface area (Å²) in [7, 11) is -3.55. The molecule has 0 aromatic rings. The standard InChI is InChI=1S/C16H26N2O5S/c1-11-14(16(20)21)7-4-8-18(11)24(22,23)13-9-17(10-13)15(19)12-5-2-3-6-12/h11-14H,2-10H2,1H3,(H,20,21). The highest BCUT2D eigenvalue weighted by Crippen LogP contribution is 2.32. The second-order valence-corrected chi connectivity index (χ2v) is 9.50. The maximum absolute atomic E-state index is 12.8. The van der Waals surface area contributed by atoms with Gasteiger partial charge in [0.15, 0.2) is 0 Å². The van der Waals surface area contributed by atoms with Crippen molar-refractivity contribution in [1.29, 1.82) is 0 Å². The van der Waals surface area contributed by atoms with Crippen LogP contribution in [0.4, 0.5) is 0 Å². The van der Waals surface area contributed by atoms with Crippen LogP contribution in [0.5, 0.6) is 0 Å². The topological polar surface area (TPSA) is 95.0 Å². The molecule has 0 spiro atoms. The number of piperidine rings is 1. The molecule has 7 nitrogen and oxygen atoms in total. The van der Waals surface area contributed by atoms with E-state index in [-0.39, 0.29) is 24.9 Å². The van der Waals surface area contributed by atoms with Crippen LogP contribution in [0.1, 0.15) is 45.4 Å². The lowest BCUT2D eigenvalue weighted by Crippen LogP contribution is -2.63. The van der Waals surface area contributed by atoms with Crippen molar-refractivity contribution in [2.75, 3.05) is 19.6 Å². The first-order valence-electron chi connectivity index (χ1n) is 8.84. The lowest BCUT2D eigenvalue weighted by molar-refractivity contribution is -0.144. The van der Waals surface area contributed by atoms with E-state index in [0.717, 1.165) is 25.7 Å². The molecule has 136 valence electrons. The number of hydrogen-bond donors (Lipinski definition) is 1. The van der Waals surface area contributed by atoms with E-state index in [4.69, 9.17) is 0 Å². The van der Waals surface area contributed by atoms with Gasteiger partial charge in [0.2, 0.25) is 15.9 Å². The monoisotopic (exact) mass is 358 g/mol. The fraction of sp³-hybridized carbons (Fsp3) is 0.875. The highest BCUT2D eigenvalue weighted by molar-refractivity contribution is 7.89. The van der Waals surface area contributed by atoms with Crippen LogP contribution in [0.15, 0.2) is 0 Å². The van der Waals surface area contributed by atoms with Crippen LogP contribution in [-0.2, 0) is 19.6 Å². The first-order chi connectivity index (χ1) is 11.3. The summed E-state index contributed by atoms with van der Waals surface area (Å²) in [6.45, 7) is 2.55. The van der Waals surface area contributed by atoms with Crippen LogP contribution in [0.25, 0.3) is 0 Å². The number of rotatable bonds is 4. The predicted molar refractivity (Wildman–Crippen MR) is 87.8 cm³/mol. The predicted octanol–water partition coefficient (Wildman–Crippen LogP) is 0.902. The molecule has 24 heavy (non-hydrogen) atoms. The van der Waals surface area contributed by atoms with Gasteiger partial charge in [0.1, 0.15) is 5.25 Å². The van der Waals surface area contributed by atoms with E-state index in [0.29, 0.717) is 19.4 Å². The largest absolute Gasteiger partial charge is 0.481 e. The normalized spacial score (nSPS) is 30.3. The number of amides is 1. The molecule has 0 bridgehead atoms. The second-order valence-electron chi connectivity index (χ2n) is 7.33. The van der Waals surface area contributed by atoms with Crippen molar-refractivity contribution in [3.63, 3.8) is 0 Å². The van der Waals surface area contributed by atoms with E-state index < -0.39 is 33.2 Å². The molecule has 0 aromatic carbocycles. The fourth-order valence-corrected chi connectivity index (χ4v) is 6.34. The van der Waals surface area contributed by atoms with Gasteiger partial charge in [0, 0.05) is 31.6 Å². The number of aliphatic carboxylic acids is 1. The van der Waals surface area contributed by atoms with Crippen LogP contribution in [-0.4, -0.2) is 65.5 Å². The molecule has 1 saturated carbocycles. The van der Waals surface area contributed by atoms with Gasteiger partial charge in [-0.3, -0.25) is 9.59 Å². The minimum absolute atomic E-state index is 0.0685. The van der Waals surface area contributed by atoms with E-state index in [1.165, 1.54) is 4.31 Å². The minimum atomic E-state index is -3.55. The summed E-state index contributed by atoms with van der Waals surface area (Å²) >= 11 is 0. The van der Waals surface area contributed by atoms with E-state index in [2.05, 4.69) is 0 Å². The number of carbonyl (C=O) groups is 2. The van der Waals surface area contributed by atoms with Crippen molar-refractivity contribution in [2.45, 2.75) is 56.7 Å². The van der Waals surface area contributed by atoms with Gasteiger partial charge in [-0.15, -0.1) is 0 Å². The Balaban J connectivity index is 1.62. The average molecular weight is 358 g/mol. The molecule has 0 radical (unpaired) electrons. The Kier molecular flexibility index (Phi) is 4.88. The molecular weight excluding hydrogens is 332 g/mol.